The van der Waals surface area contributed by atoms with Crippen LogP contribution in [0.1, 0.15) is 5.56 Å². The summed E-state index contributed by atoms with van der Waals surface area (Å²) in [5, 5.41) is 0. The first kappa shape index (κ1) is 10.7. The average Bonchev–Trinajstić information content (AvgIpc) is 2.79. The molecule has 4 heteroatoms. The standard InChI is InChI=1S/C13H10N2S2/c1-9-2-4-10(5-3-9)16-11-6-7-12-13(8-11)15-17-14-12/h2-8H,1H3. The van der Waals surface area contributed by atoms with Crippen molar-refractivity contribution in [3.8, 4) is 0 Å². The molecular formula is C13H10N2S2. The third-order valence-corrected chi connectivity index (χ3v) is 4.04. The van der Waals surface area contributed by atoms with E-state index in [9.17, 15) is 0 Å². The van der Waals surface area contributed by atoms with Crippen LogP contribution < -0.4 is 0 Å². The zero-order valence-electron chi connectivity index (χ0n) is 9.25. The minimum absolute atomic E-state index is 0.975. The molecule has 0 atom stereocenters. The summed E-state index contributed by atoms with van der Waals surface area (Å²) in [4.78, 5) is 2.45. The lowest BCUT2D eigenvalue weighted by Gasteiger charge is -2.01. The molecular weight excluding hydrogens is 248 g/mol. The van der Waals surface area contributed by atoms with E-state index in [0.717, 1.165) is 11.0 Å². The van der Waals surface area contributed by atoms with Gasteiger partial charge in [0, 0.05) is 9.79 Å². The van der Waals surface area contributed by atoms with Gasteiger partial charge in [0.05, 0.1) is 11.7 Å². The first-order chi connectivity index (χ1) is 8.31. The van der Waals surface area contributed by atoms with Crippen LogP contribution in [0.3, 0.4) is 0 Å². The van der Waals surface area contributed by atoms with Gasteiger partial charge in [0.2, 0.25) is 0 Å². The number of aryl methyl sites for hydroxylation is 1. The van der Waals surface area contributed by atoms with E-state index in [0.29, 0.717) is 0 Å². The van der Waals surface area contributed by atoms with Crippen molar-refractivity contribution in [3.05, 3.63) is 48.0 Å². The molecule has 0 aliphatic heterocycles. The first-order valence-electron chi connectivity index (χ1n) is 5.28. The number of aromatic nitrogens is 2. The van der Waals surface area contributed by atoms with Gasteiger partial charge in [-0.1, -0.05) is 29.5 Å². The van der Waals surface area contributed by atoms with Gasteiger partial charge in [-0.05, 0) is 37.3 Å². The topological polar surface area (TPSA) is 25.8 Å². The van der Waals surface area contributed by atoms with Gasteiger partial charge in [-0.15, -0.1) is 0 Å². The minimum atomic E-state index is 0.975. The molecule has 0 saturated heterocycles. The predicted octanol–water partition coefficient (Wildman–Crippen LogP) is 4.15. The lowest BCUT2D eigenvalue weighted by Crippen LogP contribution is -1.76. The Bertz CT molecular complexity index is 644. The van der Waals surface area contributed by atoms with Crippen LogP contribution in [0.2, 0.25) is 0 Å². The zero-order valence-corrected chi connectivity index (χ0v) is 10.9. The lowest BCUT2D eigenvalue weighted by molar-refractivity contribution is 1.36. The Balaban J connectivity index is 1.91. The van der Waals surface area contributed by atoms with Crippen LogP contribution in [0.25, 0.3) is 11.0 Å². The van der Waals surface area contributed by atoms with Crippen molar-refractivity contribution in [3.63, 3.8) is 0 Å². The second-order valence-corrected chi connectivity index (χ2v) is 5.51. The normalized spacial score (nSPS) is 10.9. The molecule has 0 aliphatic carbocycles. The summed E-state index contributed by atoms with van der Waals surface area (Å²) in [5.41, 5.74) is 3.24. The summed E-state index contributed by atoms with van der Waals surface area (Å²) < 4.78 is 8.45. The van der Waals surface area contributed by atoms with Crippen molar-refractivity contribution in [2.24, 2.45) is 0 Å². The molecule has 0 aliphatic rings. The molecule has 0 N–H and O–H groups in total. The molecule has 0 unspecified atom stereocenters. The minimum Gasteiger partial charge on any atom is -0.173 e. The van der Waals surface area contributed by atoms with Crippen LogP contribution in [0.15, 0.2) is 52.3 Å². The van der Waals surface area contributed by atoms with Gasteiger partial charge in [0.15, 0.2) is 0 Å². The van der Waals surface area contributed by atoms with Gasteiger partial charge < -0.3 is 0 Å². The number of rotatable bonds is 2. The Morgan fingerprint density at radius 3 is 2.41 bits per heavy atom. The lowest BCUT2D eigenvalue weighted by atomic mass is 10.2. The van der Waals surface area contributed by atoms with Crippen LogP contribution in [0.5, 0.6) is 0 Å². The van der Waals surface area contributed by atoms with Crippen molar-refractivity contribution in [1.82, 2.24) is 8.75 Å². The Morgan fingerprint density at radius 2 is 1.59 bits per heavy atom. The quantitative estimate of drug-likeness (QED) is 0.690. The highest BCUT2D eigenvalue weighted by molar-refractivity contribution is 7.99. The summed E-state index contributed by atoms with van der Waals surface area (Å²) in [6.45, 7) is 2.10. The number of hydrogen-bond acceptors (Lipinski definition) is 4. The maximum absolute atomic E-state index is 4.25. The third kappa shape index (κ3) is 2.33. The molecule has 0 fully saturated rings. The second-order valence-electron chi connectivity index (χ2n) is 3.83. The third-order valence-electron chi connectivity index (χ3n) is 2.48. The molecule has 1 heterocycles. The fourth-order valence-electron chi connectivity index (χ4n) is 1.57. The van der Waals surface area contributed by atoms with E-state index in [1.54, 1.807) is 11.8 Å². The van der Waals surface area contributed by atoms with Gasteiger partial charge >= 0.3 is 0 Å². The van der Waals surface area contributed by atoms with Crippen LogP contribution in [-0.4, -0.2) is 8.75 Å². The smallest absolute Gasteiger partial charge is 0.105 e. The SMILES string of the molecule is Cc1ccc(Sc2ccc3nsnc3c2)cc1. The maximum Gasteiger partial charge on any atom is 0.105 e. The summed E-state index contributed by atoms with van der Waals surface area (Å²) in [6.07, 6.45) is 0. The molecule has 0 radical (unpaired) electrons. The van der Waals surface area contributed by atoms with Crippen LogP contribution in [0.4, 0.5) is 0 Å². The molecule has 3 aromatic rings. The van der Waals surface area contributed by atoms with Crippen molar-refractivity contribution < 1.29 is 0 Å². The summed E-state index contributed by atoms with van der Waals surface area (Å²) in [7, 11) is 0. The fourth-order valence-corrected chi connectivity index (χ4v) is 2.94. The highest BCUT2D eigenvalue weighted by atomic mass is 32.2. The van der Waals surface area contributed by atoms with Crippen LogP contribution in [-0.2, 0) is 0 Å². The van der Waals surface area contributed by atoms with Crippen molar-refractivity contribution in [1.29, 1.82) is 0 Å². The van der Waals surface area contributed by atoms with Crippen LogP contribution in [0, 0.1) is 6.92 Å². The highest BCUT2D eigenvalue weighted by Gasteiger charge is 2.01. The molecule has 0 amide bonds. The van der Waals surface area contributed by atoms with E-state index in [4.69, 9.17) is 0 Å². The number of hydrogen-bond donors (Lipinski definition) is 0. The fraction of sp³-hybridized carbons (Fsp3) is 0.0769. The highest BCUT2D eigenvalue weighted by Crippen LogP contribution is 2.29. The molecule has 3 rings (SSSR count). The van der Waals surface area contributed by atoms with Gasteiger partial charge in [-0.3, -0.25) is 0 Å². The molecule has 0 bridgehead atoms. The largest absolute Gasteiger partial charge is 0.173 e. The van der Waals surface area contributed by atoms with Gasteiger partial charge in [-0.25, -0.2) is 0 Å². The molecule has 17 heavy (non-hydrogen) atoms. The summed E-state index contributed by atoms with van der Waals surface area (Å²) in [6, 6.07) is 14.7. The van der Waals surface area contributed by atoms with Crippen molar-refractivity contribution >= 4 is 34.5 Å². The first-order valence-corrected chi connectivity index (χ1v) is 6.83. The molecule has 84 valence electrons. The number of nitrogens with zero attached hydrogens (tertiary/aromatic N) is 2. The van der Waals surface area contributed by atoms with Gasteiger partial charge in [-0.2, -0.15) is 8.75 Å². The monoisotopic (exact) mass is 258 g/mol. The van der Waals surface area contributed by atoms with Gasteiger partial charge in [0.1, 0.15) is 11.0 Å². The van der Waals surface area contributed by atoms with E-state index in [1.807, 2.05) is 6.07 Å². The molecule has 1 aromatic heterocycles. The Kier molecular flexibility index (Phi) is 2.82. The Hall–Kier alpha value is -1.39. The summed E-state index contributed by atoms with van der Waals surface area (Å²) in [5.74, 6) is 0. The van der Waals surface area contributed by atoms with E-state index < -0.39 is 0 Å². The van der Waals surface area contributed by atoms with Gasteiger partial charge in [0.25, 0.3) is 0 Å². The van der Waals surface area contributed by atoms with E-state index in [-0.39, 0.29) is 0 Å². The molecule has 2 nitrogen and oxygen atoms in total. The van der Waals surface area contributed by atoms with Crippen LogP contribution >= 0.6 is 23.5 Å². The maximum atomic E-state index is 4.25. The van der Waals surface area contributed by atoms with Crippen molar-refractivity contribution in [2.75, 3.05) is 0 Å². The summed E-state index contributed by atoms with van der Waals surface area (Å²) >= 11 is 3.01. The number of benzene rings is 2. The predicted molar refractivity (Wildman–Crippen MR) is 72.7 cm³/mol. The van der Waals surface area contributed by atoms with E-state index in [1.165, 1.54) is 27.1 Å². The average molecular weight is 258 g/mol. The molecule has 2 aromatic carbocycles. The Labute approximate surface area is 108 Å². The van der Waals surface area contributed by atoms with E-state index in [2.05, 4.69) is 52.1 Å². The van der Waals surface area contributed by atoms with Crippen molar-refractivity contribution in [2.45, 2.75) is 16.7 Å². The molecule has 0 spiro atoms. The van der Waals surface area contributed by atoms with E-state index >= 15 is 0 Å². The Morgan fingerprint density at radius 1 is 0.882 bits per heavy atom. The second kappa shape index (κ2) is 4.47. The zero-order chi connectivity index (χ0) is 11.7. The number of fused-ring (bicyclic) bond motifs is 1. The molecule has 0 saturated carbocycles.